The molecule has 1 N–H and O–H groups in total. The molecular weight excluding hydrogens is 346 g/mol. The molecule has 1 aromatic rings. The molecule has 0 amide bonds. The van der Waals surface area contributed by atoms with E-state index in [2.05, 4.69) is 0 Å². The Kier molecular flexibility index (Phi) is 6.38. The molecule has 0 saturated heterocycles. The predicted octanol–water partition coefficient (Wildman–Crippen LogP) is 0.791. The van der Waals surface area contributed by atoms with Crippen LogP contribution in [0.25, 0.3) is 0 Å². The lowest BCUT2D eigenvalue weighted by Crippen LogP contribution is -2.31. The van der Waals surface area contributed by atoms with Gasteiger partial charge in [-0.25, -0.2) is 16.8 Å². The Hall–Kier alpha value is -1.59. The molecule has 118 valence electrons. The van der Waals surface area contributed by atoms with Gasteiger partial charge < -0.3 is 0 Å². The van der Waals surface area contributed by atoms with Crippen molar-refractivity contribution in [3.05, 3.63) is 29.3 Å². The minimum atomic E-state index is -3.89. The third-order valence-corrected chi connectivity index (χ3v) is 6.55. The zero-order chi connectivity index (χ0) is 16.8. The molecule has 0 unspecified atom stereocenters. The lowest BCUT2D eigenvalue weighted by Gasteiger charge is -2.06. The topological polar surface area (TPSA) is 128 Å². The predicted molar refractivity (Wildman–Crippen MR) is 83.0 cm³/mol. The molecule has 7 nitrogen and oxygen atoms in total. The standard InChI is InChI=1S/C12H13N3O4S3/c1-21(16,17)15-22(18,19)7-3-6-20-12-5-2-4-10(8-13)11(12)9-14/h2,4-5,15H,3,6-7H2,1H3. The van der Waals surface area contributed by atoms with Crippen molar-refractivity contribution in [2.45, 2.75) is 11.3 Å². The summed E-state index contributed by atoms with van der Waals surface area (Å²) >= 11 is 1.24. The van der Waals surface area contributed by atoms with Crippen molar-refractivity contribution >= 4 is 31.8 Å². The molecule has 0 bridgehead atoms. The molecule has 0 radical (unpaired) electrons. The van der Waals surface area contributed by atoms with Crippen LogP contribution in [0.4, 0.5) is 0 Å². The van der Waals surface area contributed by atoms with E-state index >= 15 is 0 Å². The van der Waals surface area contributed by atoms with Crippen LogP contribution in [0.15, 0.2) is 23.1 Å². The van der Waals surface area contributed by atoms with E-state index in [1.807, 2.05) is 12.1 Å². The minimum absolute atomic E-state index is 0.206. The van der Waals surface area contributed by atoms with E-state index < -0.39 is 20.0 Å². The van der Waals surface area contributed by atoms with Crippen LogP contribution in [0.2, 0.25) is 0 Å². The van der Waals surface area contributed by atoms with Gasteiger partial charge in [0.05, 0.1) is 23.1 Å². The zero-order valence-electron chi connectivity index (χ0n) is 11.6. The smallest absolute Gasteiger partial charge is 0.212 e. The highest BCUT2D eigenvalue weighted by molar-refractivity contribution is 8.04. The van der Waals surface area contributed by atoms with E-state index in [1.54, 1.807) is 16.3 Å². The quantitative estimate of drug-likeness (QED) is 0.563. The summed E-state index contributed by atoms with van der Waals surface area (Å²) in [7, 11) is -7.71. The highest BCUT2D eigenvalue weighted by Crippen LogP contribution is 2.25. The molecule has 0 fully saturated rings. The highest BCUT2D eigenvalue weighted by atomic mass is 32.3. The van der Waals surface area contributed by atoms with Crippen molar-refractivity contribution in [1.29, 1.82) is 10.5 Å². The summed E-state index contributed by atoms with van der Waals surface area (Å²) in [6.45, 7) is 0. The monoisotopic (exact) mass is 359 g/mol. The number of thioether (sulfide) groups is 1. The molecule has 22 heavy (non-hydrogen) atoms. The van der Waals surface area contributed by atoms with Crippen LogP contribution in [-0.2, 0) is 20.0 Å². The van der Waals surface area contributed by atoms with Crippen molar-refractivity contribution in [3.8, 4) is 12.1 Å². The maximum atomic E-state index is 11.5. The average Bonchev–Trinajstić information content (AvgIpc) is 2.40. The van der Waals surface area contributed by atoms with E-state index in [0.717, 1.165) is 6.26 Å². The number of sulfonamides is 2. The van der Waals surface area contributed by atoms with E-state index in [0.29, 0.717) is 10.6 Å². The molecule has 0 atom stereocenters. The van der Waals surface area contributed by atoms with Crippen LogP contribution in [0.3, 0.4) is 0 Å². The number of nitrogens with one attached hydrogen (secondary N) is 1. The Morgan fingerprint density at radius 3 is 2.41 bits per heavy atom. The van der Waals surface area contributed by atoms with Gasteiger partial charge in [-0.2, -0.15) is 10.5 Å². The number of benzene rings is 1. The summed E-state index contributed by atoms with van der Waals surface area (Å²) in [6.07, 6.45) is 0.975. The number of hydrogen-bond donors (Lipinski definition) is 1. The summed E-state index contributed by atoms with van der Waals surface area (Å²) in [4.78, 5) is 0.593. The lowest BCUT2D eigenvalue weighted by molar-refractivity contribution is 0.579. The van der Waals surface area contributed by atoms with Crippen LogP contribution in [0.1, 0.15) is 17.5 Å². The molecule has 1 rings (SSSR count). The minimum Gasteiger partial charge on any atom is -0.212 e. The summed E-state index contributed by atoms with van der Waals surface area (Å²) in [5.41, 5.74) is 0.519. The van der Waals surface area contributed by atoms with Crippen LogP contribution in [0.5, 0.6) is 0 Å². The Labute approximate surface area is 134 Å². The molecule has 0 heterocycles. The van der Waals surface area contributed by atoms with E-state index in [9.17, 15) is 16.8 Å². The third kappa shape index (κ3) is 6.03. The van der Waals surface area contributed by atoms with Crippen LogP contribution >= 0.6 is 11.8 Å². The van der Waals surface area contributed by atoms with Gasteiger partial charge in [0.25, 0.3) is 0 Å². The molecule has 0 aliphatic heterocycles. The number of nitriles is 2. The molecule has 1 aromatic carbocycles. The van der Waals surface area contributed by atoms with Gasteiger partial charge in [-0.1, -0.05) is 6.07 Å². The molecule has 0 spiro atoms. The second-order valence-corrected chi connectivity index (χ2v) is 9.26. The van der Waals surface area contributed by atoms with Gasteiger partial charge in [0.1, 0.15) is 12.1 Å². The Bertz CT molecular complexity index is 833. The van der Waals surface area contributed by atoms with Gasteiger partial charge >= 0.3 is 0 Å². The van der Waals surface area contributed by atoms with Crippen molar-refractivity contribution in [2.24, 2.45) is 0 Å². The Morgan fingerprint density at radius 2 is 1.86 bits per heavy atom. The fourth-order valence-corrected chi connectivity index (χ4v) is 5.43. The van der Waals surface area contributed by atoms with Gasteiger partial charge in [0, 0.05) is 4.90 Å². The van der Waals surface area contributed by atoms with Gasteiger partial charge in [-0.15, -0.1) is 15.9 Å². The van der Waals surface area contributed by atoms with Crippen LogP contribution in [-0.4, -0.2) is 34.6 Å². The first-order valence-corrected chi connectivity index (χ1v) is 10.5. The van der Waals surface area contributed by atoms with Gasteiger partial charge in [-0.3, -0.25) is 0 Å². The second-order valence-electron chi connectivity index (χ2n) is 4.28. The maximum absolute atomic E-state index is 11.5. The number of rotatable bonds is 7. The molecule has 0 saturated carbocycles. The van der Waals surface area contributed by atoms with E-state index in [-0.39, 0.29) is 23.3 Å². The first-order valence-electron chi connectivity index (χ1n) is 5.96. The van der Waals surface area contributed by atoms with Gasteiger partial charge in [-0.05, 0) is 24.3 Å². The highest BCUT2D eigenvalue weighted by Gasteiger charge is 2.16. The SMILES string of the molecule is CS(=O)(=O)NS(=O)(=O)CCCSc1cccc(C#N)c1C#N. The van der Waals surface area contributed by atoms with Crippen molar-refractivity contribution in [1.82, 2.24) is 4.13 Å². The van der Waals surface area contributed by atoms with Crippen molar-refractivity contribution in [3.63, 3.8) is 0 Å². The molecule has 0 aliphatic rings. The van der Waals surface area contributed by atoms with E-state index in [1.165, 1.54) is 17.8 Å². The molecule has 10 heteroatoms. The first-order chi connectivity index (χ1) is 10.2. The van der Waals surface area contributed by atoms with Gasteiger partial charge in [0.15, 0.2) is 0 Å². The zero-order valence-corrected chi connectivity index (χ0v) is 14.1. The molecule has 0 aliphatic carbocycles. The summed E-state index contributed by atoms with van der Waals surface area (Å²) < 4.78 is 46.3. The number of nitrogens with zero attached hydrogens (tertiary/aromatic N) is 2. The van der Waals surface area contributed by atoms with Crippen molar-refractivity contribution in [2.75, 3.05) is 17.8 Å². The van der Waals surface area contributed by atoms with Crippen LogP contribution < -0.4 is 4.13 Å². The first kappa shape index (κ1) is 18.5. The lowest BCUT2D eigenvalue weighted by atomic mass is 10.1. The number of hydrogen-bond acceptors (Lipinski definition) is 7. The van der Waals surface area contributed by atoms with E-state index in [4.69, 9.17) is 10.5 Å². The normalized spacial score (nSPS) is 11.6. The van der Waals surface area contributed by atoms with Crippen molar-refractivity contribution < 1.29 is 16.8 Å². The summed E-state index contributed by atoms with van der Waals surface area (Å²) in [6, 6.07) is 8.72. The largest absolute Gasteiger partial charge is 0.224 e. The second kappa shape index (κ2) is 7.61. The van der Waals surface area contributed by atoms with Crippen LogP contribution in [0, 0.1) is 22.7 Å². The molecular formula is C12H13N3O4S3. The Morgan fingerprint density at radius 1 is 1.18 bits per heavy atom. The summed E-state index contributed by atoms with van der Waals surface area (Å²) in [5, 5.41) is 18.0. The fraction of sp³-hybridized carbons (Fsp3) is 0.333. The molecule has 0 aromatic heterocycles. The van der Waals surface area contributed by atoms with Gasteiger partial charge in [0.2, 0.25) is 20.0 Å². The maximum Gasteiger partial charge on any atom is 0.224 e. The third-order valence-electron chi connectivity index (χ3n) is 2.35. The summed E-state index contributed by atoms with van der Waals surface area (Å²) in [5.74, 6) is 0.0289. The average molecular weight is 359 g/mol. The fourth-order valence-electron chi connectivity index (χ4n) is 1.56. The Balaban J connectivity index is 2.64.